The van der Waals surface area contributed by atoms with Crippen LogP contribution >= 0.6 is 0 Å². The summed E-state index contributed by atoms with van der Waals surface area (Å²) in [6, 6.07) is 11.1. The lowest BCUT2D eigenvalue weighted by Gasteiger charge is -2.26. The Balaban J connectivity index is 1.72. The number of fused-ring (bicyclic) bond motifs is 1. The largest absolute Gasteiger partial charge is 0.373 e. The summed E-state index contributed by atoms with van der Waals surface area (Å²) in [4.78, 5) is 0. The first kappa shape index (κ1) is 18.7. The van der Waals surface area contributed by atoms with E-state index in [4.69, 9.17) is 4.74 Å². The Morgan fingerprint density at radius 1 is 1.08 bits per heavy atom. The van der Waals surface area contributed by atoms with Crippen LogP contribution in [0.15, 0.2) is 53.3 Å². The molecule has 0 saturated carbocycles. The molecule has 1 aliphatic carbocycles. The standard InChI is InChI=1S/C23H34OSi/c1-5-6-7-8-12-15-21-23-18(2)16-22(20(23)17-24-21)25(3,4)19-13-10-9-11-14-19/h9-11,13-14,21,23H,2,5-8,12,15-17H2,1,3-4H3/t21-,23-/m0/s1. The molecule has 0 unspecified atom stereocenters. The summed E-state index contributed by atoms with van der Waals surface area (Å²) in [7, 11) is -1.61. The Labute approximate surface area is 155 Å². The van der Waals surface area contributed by atoms with Crippen molar-refractivity contribution in [3.8, 4) is 0 Å². The quantitative estimate of drug-likeness (QED) is 0.327. The Morgan fingerprint density at radius 3 is 2.52 bits per heavy atom. The second-order valence-electron chi connectivity index (χ2n) is 8.36. The Bertz CT molecular complexity index is 629. The van der Waals surface area contributed by atoms with E-state index in [0.717, 1.165) is 13.0 Å². The van der Waals surface area contributed by atoms with Gasteiger partial charge < -0.3 is 4.74 Å². The average Bonchev–Trinajstić information content (AvgIpc) is 3.17. The fourth-order valence-corrected chi connectivity index (χ4v) is 7.77. The van der Waals surface area contributed by atoms with E-state index in [-0.39, 0.29) is 0 Å². The number of unbranched alkanes of at least 4 members (excludes halogenated alkanes) is 4. The molecule has 2 heteroatoms. The van der Waals surface area contributed by atoms with Crippen molar-refractivity contribution in [2.24, 2.45) is 5.92 Å². The normalized spacial score (nSPS) is 23.4. The summed E-state index contributed by atoms with van der Waals surface area (Å²) in [5.41, 5.74) is 3.02. The van der Waals surface area contributed by atoms with Crippen LogP contribution in [0.4, 0.5) is 0 Å². The smallest absolute Gasteiger partial charge is 0.108 e. The third kappa shape index (κ3) is 3.85. The van der Waals surface area contributed by atoms with Crippen molar-refractivity contribution in [2.75, 3.05) is 6.61 Å². The average molecular weight is 355 g/mol. The molecule has 0 N–H and O–H groups in total. The van der Waals surface area contributed by atoms with Gasteiger partial charge in [-0.3, -0.25) is 0 Å². The van der Waals surface area contributed by atoms with Crippen LogP contribution in [0.2, 0.25) is 13.1 Å². The number of ether oxygens (including phenoxy) is 1. The van der Waals surface area contributed by atoms with Crippen LogP contribution < -0.4 is 5.19 Å². The molecule has 0 radical (unpaired) electrons. The van der Waals surface area contributed by atoms with Crippen molar-refractivity contribution in [1.82, 2.24) is 0 Å². The summed E-state index contributed by atoms with van der Waals surface area (Å²) in [6.45, 7) is 12.6. The van der Waals surface area contributed by atoms with Crippen LogP contribution in [0, 0.1) is 5.92 Å². The van der Waals surface area contributed by atoms with Crippen LogP contribution in [0.3, 0.4) is 0 Å². The fourth-order valence-electron chi connectivity index (χ4n) is 4.69. The van der Waals surface area contributed by atoms with Crippen molar-refractivity contribution in [3.63, 3.8) is 0 Å². The minimum absolute atomic E-state index is 0.391. The van der Waals surface area contributed by atoms with Crippen molar-refractivity contribution in [3.05, 3.63) is 53.3 Å². The monoisotopic (exact) mass is 354 g/mol. The highest BCUT2D eigenvalue weighted by Crippen LogP contribution is 2.47. The van der Waals surface area contributed by atoms with E-state index in [9.17, 15) is 0 Å². The van der Waals surface area contributed by atoms with Gasteiger partial charge in [0.15, 0.2) is 0 Å². The van der Waals surface area contributed by atoms with Crippen LogP contribution in [0.5, 0.6) is 0 Å². The minimum atomic E-state index is -1.61. The van der Waals surface area contributed by atoms with Gasteiger partial charge in [0, 0.05) is 5.92 Å². The molecular formula is C23H34OSi. The molecule has 0 amide bonds. The number of hydrogen-bond donors (Lipinski definition) is 0. The fraction of sp³-hybridized carbons (Fsp3) is 0.565. The van der Waals surface area contributed by atoms with E-state index in [0.29, 0.717) is 12.0 Å². The zero-order valence-corrected chi connectivity index (χ0v) is 17.3. The summed E-state index contributed by atoms with van der Waals surface area (Å²) in [5.74, 6) is 0.511. The second kappa shape index (κ2) is 8.05. The maximum Gasteiger partial charge on any atom is 0.108 e. The molecule has 1 aliphatic heterocycles. The molecule has 1 heterocycles. The molecule has 136 valence electrons. The molecule has 0 aromatic heterocycles. The molecule has 1 nitrogen and oxygen atoms in total. The predicted octanol–water partition coefficient (Wildman–Crippen LogP) is 5.77. The highest BCUT2D eigenvalue weighted by Gasteiger charge is 2.44. The van der Waals surface area contributed by atoms with Gasteiger partial charge in [-0.05, 0) is 18.4 Å². The molecule has 25 heavy (non-hydrogen) atoms. The maximum absolute atomic E-state index is 6.26. The number of rotatable bonds is 8. The second-order valence-corrected chi connectivity index (χ2v) is 12.8. The lowest BCUT2D eigenvalue weighted by Crippen LogP contribution is -2.44. The van der Waals surface area contributed by atoms with Gasteiger partial charge in [-0.2, -0.15) is 0 Å². The third-order valence-electron chi connectivity index (χ3n) is 6.27. The summed E-state index contributed by atoms with van der Waals surface area (Å²) in [6.07, 6.45) is 9.42. The minimum Gasteiger partial charge on any atom is -0.373 e. The SMILES string of the molecule is C=C1CC([Si](C)(C)c2ccccc2)=C2CO[C@@H](CCCCCCC)[C@@H]12. The molecule has 1 aromatic carbocycles. The molecule has 2 atom stereocenters. The predicted molar refractivity (Wildman–Crippen MR) is 111 cm³/mol. The zero-order valence-electron chi connectivity index (χ0n) is 16.3. The molecular weight excluding hydrogens is 320 g/mol. The highest BCUT2D eigenvalue weighted by atomic mass is 28.3. The van der Waals surface area contributed by atoms with E-state index in [2.05, 4.69) is 56.9 Å². The molecule has 2 aliphatic rings. The van der Waals surface area contributed by atoms with Gasteiger partial charge >= 0.3 is 0 Å². The molecule has 1 saturated heterocycles. The van der Waals surface area contributed by atoms with Crippen LogP contribution in [-0.2, 0) is 4.74 Å². The Hall–Kier alpha value is -1.12. The van der Waals surface area contributed by atoms with Gasteiger partial charge in [0.25, 0.3) is 0 Å². The van der Waals surface area contributed by atoms with E-state index in [1.807, 2.05) is 0 Å². The molecule has 0 spiro atoms. The van der Waals surface area contributed by atoms with Gasteiger partial charge in [-0.25, -0.2) is 0 Å². The molecule has 1 fully saturated rings. The molecule has 0 bridgehead atoms. The first-order valence-electron chi connectivity index (χ1n) is 10.1. The topological polar surface area (TPSA) is 9.23 Å². The van der Waals surface area contributed by atoms with E-state index >= 15 is 0 Å². The van der Waals surface area contributed by atoms with E-state index in [1.165, 1.54) is 49.3 Å². The molecule has 3 rings (SSSR count). The Kier molecular flexibility index (Phi) is 6.01. The van der Waals surface area contributed by atoms with Crippen molar-refractivity contribution < 1.29 is 4.74 Å². The lowest BCUT2D eigenvalue weighted by molar-refractivity contribution is 0.0877. The van der Waals surface area contributed by atoms with Gasteiger partial charge in [0.2, 0.25) is 0 Å². The van der Waals surface area contributed by atoms with Crippen molar-refractivity contribution in [2.45, 2.75) is 71.1 Å². The van der Waals surface area contributed by atoms with Crippen LogP contribution in [0.1, 0.15) is 51.9 Å². The number of benzene rings is 1. The lowest BCUT2D eigenvalue weighted by atomic mass is 9.91. The van der Waals surface area contributed by atoms with E-state index < -0.39 is 8.07 Å². The number of allylic oxidation sites excluding steroid dienone is 1. The zero-order chi connectivity index (χ0) is 17.9. The first-order chi connectivity index (χ1) is 12.1. The van der Waals surface area contributed by atoms with Gasteiger partial charge in [0.05, 0.1) is 12.7 Å². The summed E-state index contributed by atoms with van der Waals surface area (Å²) in [5, 5.41) is 3.23. The van der Waals surface area contributed by atoms with Gasteiger partial charge in [-0.15, -0.1) is 0 Å². The van der Waals surface area contributed by atoms with Crippen molar-refractivity contribution in [1.29, 1.82) is 0 Å². The van der Waals surface area contributed by atoms with Crippen LogP contribution in [-0.4, -0.2) is 20.8 Å². The first-order valence-corrected chi connectivity index (χ1v) is 13.1. The maximum atomic E-state index is 6.26. The summed E-state index contributed by atoms with van der Waals surface area (Å²) < 4.78 is 6.26. The van der Waals surface area contributed by atoms with E-state index in [1.54, 1.807) is 10.8 Å². The van der Waals surface area contributed by atoms with Crippen LogP contribution in [0.25, 0.3) is 0 Å². The third-order valence-corrected chi connectivity index (χ3v) is 10.1. The highest BCUT2D eigenvalue weighted by molar-refractivity contribution is 6.95. The van der Waals surface area contributed by atoms with Gasteiger partial charge in [0.1, 0.15) is 8.07 Å². The molecule has 1 aromatic rings. The van der Waals surface area contributed by atoms with Gasteiger partial charge in [-0.1, -0.05) is 105 Å². The Morgan fingerprint density at radius 2 is 1.80 bits per heavy atom. The van der Waals surface area contributed by atoms with Crippen molar-refractivity contribution >= 4 is 13.3 Å². The summed E-state index contributed by atoms with van der Waals surface area (Å²) >= 11 is 0. The number of hydrogen-bond acceptors (Lipinski definition) is 1.